The highest BCUT2D eigenvalue weighted by molar-refractivity contribution is 7.89. The van der Waals surface area contributed by atoms with Gasteiger partial charge in [-0.1, -0.05) is 48.0 Å². The third kappa shape index (κ3) is 4.43. The lowest BCUT2D eigenvalue weighted by molar-refractivity contribution is -0.122. The summed E-state index contributed by atoms with van der Waals surface area (Å²) < 4.78 is 28.9. The van der Waals surface area contributed by atoms with Crippen LogP contribution in [0.2, 0.25) is 5.02 Å². The van der Waals surface area contributed by atoms with Crippen LogP contribution in [0.1, 0.15) is 12.0 Å². The van der Waals surface area contributed by atoms with Crippen molar-refractivity contribution in [2.75, 3.05) is 4.90 Å². The number of carbonyl (C=O) groups is 2. The van der Waals surface area contributed by atoms with Crippen molar-refractivity contribution in [3.63, 3.8) is 0 Å². The lowest BCUT2D eigenvalue weighted by Gasteiger charge is -2.27. The number of anilines is 1. The van der Waals surface area contributed by atoms with Gasteiger partial charge in [-0.3, -0.25) is 14.6 Å². The van der Waals surface area contributed by atoms with Gasteiger partial charge in [-0.05, 0) is 58.8 Å². The van der Waals surface area contributed by atoms with E-state index in [0.29, 0.717) is 16.3 Å². The van der Waals surface area contributed by atoms with Crippen molar-refractivity contribution in [3.05, 3.63) is 102 Å². The largest absolute Gasteiger partial charge is 0.274 e. The smallest absolute Gasteiger partial charge is 0.252 e. The van der Waals surface area contributed by atoms with E-state index in [1.807, 2.05) is 24.3 Å². The number of halogens is 1. The Kier molecular flexibility index (Phi) is 6.10. The number of fused-ring (bicyclic) bond motifs is 1. The molecule has 3 aromatic carbocycles. The molecule has 2 heterocycles. The number of hydrogen-bond donors (Lipinski definition) is 0. The van der Waals surface area contributed by atoms with Crippen LogP contribution in [0.3, 0.4) is 0 Å². The highest BCUT2D eigenvalue weighted by atomic mass is 35.5. The predicted octanol–water partition coefficient (Wildman–Crippen LogP) is 4.41. The average Bonchev–Trinajstić information content (AvgIpc) is 3.16. The molecule has 0 N–H and O–H groups in total. The Morgan fingerprint density at radius 1 is 0.943 bits per heavy atom. The summed E-state index contributed by atoms with van der Waals surface area (Å²) in [5.41, 5.74) is 0.943. The van der Waals surface area contributed by atoms with Crippen molar-refractivity contribution in [2.24, 2.45) is 0 Å². The highest BCUT2D eigenvalue weighted by Gasteiger charge is 2.47. The molecule has 1 aromatic heterocycles. The maximum atomic E-state index is 13.9. The highest BCUT2D eigenvalue weighted by Crippen LogP contribution is 2.32. The molecule has 0 saturated carbocycles. The number of carbonyl (C=O) groups excluding carboxylic acids is 2. The number of amides is 2. The second-order valence-electron chi connectivity index (χ2n) is 8.18. The fourth-order valence-corrected chi connectivity index (χ4v) is 5.93. The van der Waals surface area contributed by atoms with E-state index >= 15 is 0 Å². The molecule has 4 aromatic rings. The summed E-state index contributed by atoms with van der Waals surface area (Å²) in [6, 6.07) is 20.7. The summed E-state index contributed by atoms with van der Waals surface area (Å²) in [5.74, 6) is -1.09. The molecule has 0 spiro atoms. The van der Waals surface area contributed by atoms with Crippen molar-refractivity contribution in [1.82, 2.24) is 9.29 Å². The van der Waals surface area contributed by atoms with E-state index in [1.165, 1.54) is 6.07 Å². The van der Waals surface area contributed by atoms with Crippen LogP contribution < -0.4 is 4.90 Å². The van der Waals surface area contributed by atoms with Crippen molar-refractivity contribution in [1.29, 1.82) is 0 Å². The van der Waals surface area contributed by atoms with Crippen LogP contribution in [-0.2, 0) is 26.2 Å². The Labute approximate surface area is 207 Å². The maximum absolute atomic E-state index is 13.9. The molecule has 0 aliphatic carbocycles. The van der Waals surface area contributed by atoms with Crippen LogP contribution >= 0.6 is 11.6 Å². The van der Waals surface area contributed by atoms with Crippen molar-refractivity contribution in [3.8, 4) is 0 Å². The molecule has 1 saturated heterocycles. The molecular weight excluding hydrogens is 486 g/mol. The van der Waals surface area contributed by atoms with Gasteiger partial charge in [0, 0.05) is 24.0 Å². The zero-order valence-corrected chi connectivity index (χ0v) is 20.0. The van der Waals surface area contributed by atoms with E-state index in [-0.39, 0.29) is 17.9 Å². The molecule has 1 unspecified atom stereocenters. The van der Waals surface area contributed by atoms with E-state index in [4.69, 9.17) is 11.6 Å². The number of hydrogen-bond acceptors (Lipinski definition) is 5. The molecule has 0 bridgehead atoms. The average molecular weight is 506 g/mol. The first kappa shape index (κ1) is 23.2. The summed E-state index contributed by atoms with van der Waals surface area (Å²) in [6.07, 6.45) is 2.86. The summed E-state index contributed by atoms with van der Waals surface area (Å²) >= 11 is 5.95. The van der Waals surface area contributed by atoms with Gasteiger partial charge >= 0.3 is 0 Å². The fraction of sp³-hybridized carbons (Fsp3) is 0.115. The van der Waals surface area contributed by atoms with Crippen LogP contribution in [0, 0.1) is 0 Å². The lowest BCUT2D eigenvalue weighted by Crippen LogP contribution is -2.45. The molecule has 5 rings (SSSR count). The Morgan fingerprint density at radius 3 is 2.40 bits per heavy atom. The zero-order chi connectivity index (χ0) is 24.6. The molecule has 1 fully saturated rings. The standard InChI is InChI=1S/C26H20ClN3O4S/c27-21-8-10-22(11-9-21)30-25(31)15-24(26(30)32)29(17-18-4-3-13-28-16-18)35(33,34)23-12-7-19-5-1-2-6-20(19)14-23/h1-14,16,24H,15,17H2. The first-order valence-corrected chi connectivity index (χ1v) is 12.7. The van der Waals surface area contributed by atoms with Gasteiger partial charge in [0.2, 0.25) is 15.9 Å². The first-order valence-electron chi connectivity index (χ1n) is 10.9. The molecule has 1 aliphatic rings. The summed E-state index contributed by atoms with van der Waals surface area (Å²) in [5, 5.41) is 2.11. The second kappa shape index (κ2) is 9.22. The van der Waals surface area contributed by atoms with Crippen molar-refractivity contribution in [2.45, 2.75) is 23.9 Å². The van der Waals surface area contributed by atoms with Gasteiger partial charge in [-0.2, -0.15) is 4.31 Å². The summed E-state index contributed by atoms with van der Waals surface area (Å²) in [4.78, 5) is 31.5. The van der Waals surface area contributed by atoms with Gasteiger partial charge in [0.25, 0.3) is 5.91 Å². The molecule has 1 aliphatic heterocycles. The van der Waals surface area contributed by atoms with Gasteiger partial charge in [0.15, 0.2) is 0 Å². The number of pyridine rings is 1. The molecule has 7 nitrogen and oxygen atoms in total. The fourth-order valence-electron chi connectivity index (χ4n) is 4.20. The molecule has 2 amide bonds. The second-order valence-corrected chi connectivity index (χ2v) is 10.5. The van der Waals surface area contributed by atoms with Crippen LogP contribution in [0.15, 0.2) is 96.2 Å². The topological polar surface area (TPSA) is 87.6 Å². The minimum absolute atomic E-state index is 0.0466. The maximum Gasteiger partial charge on any atom is 0.252 e. The van der Waals surface area contributed by atoms with Gasteiger partial charge in [0.1, 0.15) is 6.04 Å². The van der Waals surface area contributed by atoms with Crippen molar-refractivity contribution >= 4 is 49.9 Å². The number of imide groups is 1. The van der Waals surface area contributed by atoms with Crippen molar-refractivity contribution < 1.29 is 18.0 Å². The van der Waals surface area contributed by atoms with E-state index in [2.05, 4.69) is 4.98 Å². The third-order valence-electron chi connectivity index (χ3n) is 5.94. The van der Waals surface area contributed by atoms with Crippen LogP contribution in [0.4, 0.5) is 5.69 Å². The number of sulfonamides is 1. The lowest BCUT2D eigenvalue weighted by atomic mass is 10.1. The predicted molar refractivity (Wildman–Crippen MR) is 133 cm³/mol. The van der Waals surface area contributed by atoms with Gasteiger partial charge < -0.3 is 0 Å². The Morgan fingerprint density at radius 2 is 1.69 bits per heavy atom. The van der Waals surface area contributed by atoms with Gasteiger partial charge in [0.05, 0.1) is 17.0 Å². The Bertz CT molecular complexity index is 1530. The molecule has 9 heteroatoms. The minimum atomic E-state index is -4.16. The van der Waals surface area contributed by atoms with Gasteiger partial charge in [-0.25, -0.2) is 13.3 Å². The zero-order valence-electron chi connectivity index (χ0n) is 18.4. The van der Waals surface area contributed by atoms with E-state index in [9.17, 15) is 18.0 Å². The van der Waals surface area contributed by atoms with E-state index in [0.717, 1.165) is 20.0 Å². The number of benzene rings is 3. The minimum Gasteiger partial charge on any atom is -0.274 e. The third-order valence-corrected chi connectivity index (χ3v) is 8.05. The molecular formula is C26H20ClN3O4S. The number of rotatable bonds is 6. The number of aromatic nitrogens is 1. The van der Waals surface area contributed by atoms with Crippen LogP contribution in [0.5, 0.6) is 0 Å². The molecule has 35 heavy (non-hydrogen) atoms. The Hall–Kier alpha value is -3.59. The molecule has 1 atom stereocenters. The normalized spacial score (nSPS) is 16.4. The van der Waals surface area contributed by atoms with Crippen LogP contribution in [-0.4, -0.2) is 35.6 Å². The summed E-state index contributed by atoms with van der Waals surface area (Å²) in [6.45, 7) is -0.110. The molecule has 0 radical (unpaired) electrons. The number of nitrogens with zero attached hydrogens (tertiary/aromatic N) is 3. The summed E-state index contributed by atoms with van der Waals surface area (Å²) in [7, 11) is -4.16. The Balaban J connectivity index is 1.57. The molecule has 176 valence electrons. The quantitative estimate of drug-likeness (QED) is 0.362. The van der Waals surface area contributed by atoms with E-state index < -0.39 is 27.9 Å². The van der Waals surface area contributed by atoms with E-state index in [1.54, 1.807) is 60.9 Å². The SMILES string of the molecule is O=C1CC(N(Cc2cccnc2)S(=O)(=O)c2ccc3ccccc3c2)C(=O)N1c1ccc(Cl)cc1. The van der Waals surface area contributed by atoms with Crippen LogP contribution in [0.25, 0.3) is 10.8 Å². The van der Waals surface area contributed by atoms with Gasteiger partial charge in [-0.15, -0.1) is 0 Å². The first-order chi connectivity index (χ1) is 16.8. The monoisotopic (exact) mass is 505 g/mol.